The number of aliphatic carboxylic acids is 1. The molecule has 17 heavy (non-hydrogen) atoms. The molecular weight excluding hydrogens is 244 g/mol. The van der Waals surface area contributed by atoms with Crippen LogP contribution in [0.15, 0.2) is 18.2 Å². The van der Waals surface area contributed by atoms with Crippen molar-refractivity contribution in [3.05, 3.63) is 34.3 Å². The molecular formula is C12H13ClO4. The summed E-state index contributed by atoms with van der Waals surface area (Å²) in [5.41, 5.74) is 2.03. The smallest absolute Gasteiger partial charge is 0.303 e. The Labute approximate surface area is 104 Å². The third-order valence-corrected chi connectivity index (χ3v) is 2.85. The number of halogens is 1. The first-order valence-corrected chi connectivity index (χ1v) is 5.75. The van der Waals surface area contributed by atoms with Gasteiger partial charge < -0.3 is 14.6 Å². The maximum Gasteiger partial charge on any atom is 0.303 e. The topological polar surface area (TPSA) is 55.8 Å². The molecule has 4 nitrogen and oxygen atoms in total. The summed E-state index contributed by atoms with van der Waals surface area (Å²) >= 11 is 5.89. The first-order valence-electron chi connectivity index (χ1n) is 5.37. The number of carboxylic acids is 1. The van der Waals surface area contributed by atoms with E-state index in [0.29, 0.717) is 24.7 Å². The molecule has 1 aromatic rings. The van der Waals surface area contributed by atoms with E-state index in [1.165, 1.54) is 0 Å². The summed E-state index contributed by atoms with van der Waals surface area (Å²) in [4.78, 5) is 10.5. The second-order valence-corrected chi connectivity index (χ2v) is 4.33. The van der Waals surface area contributed by atoms with Gasteiger partial charge in [-0.15, -0.1) is 0 Å². The Balaban J connectivity index is 1.99. The molecule has 0 spiro atoms. The molecule has 1 N–H and O–H groups in total. The fourth-order valence-corrected chi connectivity index (χ4v) is 1.89. The third-order valence-electron chi connectivity index (χ3n) is 2.61. The lowest BCUT2D eigenvalue weighted by molar-refractivity contribution is -0.159. The summed E-state index contributed by atoms with van der Waals surface area (Å²) in [6.45, 7) is 0.830. The van der Waals surface area contributed by atoms with Gasteiger partial charge in [0.25, 0.3) is 0 Å². The van der Waals surface area contributed by atoms with Crippen LogP contribution < -0.4 is 0 Å². The fraction of sp³-hybridized carbons (Fsp3) is 0.417. The molecule has 0 saturated heterocycles. The summed E-state index contributed by atoms with van der Waals surface area (Å²) in [5.74, 6) is -0.845. The minimum atomic E-state index is -0.845. The molecule has 92 valence electrons. The Morgan fingerprint density at radius 1 is 1.35 bits per heavy atom. The van der Waals surface area contributed by atoms with Crippen LogP contribution in [0.2, 0.25) is 5.02 Å². The van der Waals surface area contributed by atoms with Crippen LogP contribution in [0.3, 0.4) is 0 Å². The van der Waals surface area contributed by atoms with Gasteiger partial charge in [-0.2, -0.15) is 0 Å². The van der Waals surface area contributed by atoms with Crippen LogP contribution in [0.5, 0.6) is 0 Å². The zero-order chi connectivity index (χ0) is 12.3. The van der Waals surface area contributed by atoms with E-state index in [4.69, 9.17) is 26.2 Å². The third kappa shape index (κ3) is 3.43. The summed E-state index contributed by atoms with van der Waals surface area (Å²) < 4.78 is 11.0. The minimum absolute atomic E-state index is 0.0434. The second kappa shape index (κ2) is 5.49. The van der Waals surface area contributed by atoms with Crippen LogP contribution in [0.4, 0.5) is 0 Å². The average Bonchev–Trinajstić information content (AvgIpc) is 2.48. The molecule has 1 atom stereocenters. The fourth-order valence-electron chi connectivity index (χ4n) is 1.69. The van der Waals surface area contributed by atoms with Crippen molar-refractivity contribution in [3.63, 3.8) is 0 Å². The number of carboxylic acid groups (broad SMARTS) is 1. The molecule has 0 radical (unpaired) electrons. The lowest BCUT2D eigenvalue weighted by atomic mass is 10.1. The van der Waals surface area contributed by atoms with E-state index in [2.05, 4.69) is 0 Å². The Morgan fingerprint density at radius 3 is 2.76 bits per heavy atom. The van der Waals surface area contributed by atoms with Gasteiger partial charge in [-0.3, -0.25) is 4.79 Å². The number of hydrogen-bond donors (Lipinski definition) is 1. The van der Waals surface area contributed by atoms with Crippen molar-refractivity contribution in [2.24, 2.45) is 0 Å². The van der Waals surface area contributed by atoms with Gasteiger partial charge in [-0.05, 0) is 23.3 Å². The summed E-state index contributed by atoms with van der Waals surface area (Å²) in [7, 11) is 0. The van der Waals surface area contributed by atoms with Crippen LogP contribution in [0, 0.1) is 0 Å². The molecule has 1 heterocycles. The van der Waals surface area contributed by atoms with Crippen LogP contribution in [0.1, 0.15) is 24.0 Å². The number of hydrogen-bond acceptors (Lipinski definition) is 3. The van der Waals surface area contributed by atoms with Crippen molar-refractivity contribution < 1.29 is 19.4 Å². The van der Waals surface area contributed by atoms with E-state index >= 15 is 0 Å². The highest BCUT2D eigenvalue weighted by Crippen LogP contribution is 2.23. The predicted octanol–water partition coefficient (Wildman–Crippen LogP) is 2.58. The Hall–Kier alpha value is -1.10. The van der Waals surface area contributed by atoms with E-state index in [1.807, 2.05) is 12.1 Å². The monoisotopic (exact) mass is 256 g/mol. The minimum Gasteiger partial charge on any atom is -0.481 e. The van der Waals surface area contributed by atoms with Crippen molar-refractivity contribution in [3.8, 4) is 0 Å². The molecule has 0 amide bonds. The largest absolute Gasteiger partial charge is 0.481 e. The highest BCUT2D eigenvalue weighted by atomic mass is 35.5. The van der Waals surface area contributed by atoms with Crippen molar-refractivity contribution in [2.75, 3.05) is 0 Å². The molecule has 5 heteroatoms. The maximum atomic E-state index is 10.5. The summed E-state index contributed by atoms with van der Waals surface area (Å²) in [5, 5.41) is 9.26. The molecule has 0 fully saturated rings. The number of carbonyl (C=O) groups is 1. The molecule has 0 bridgehead atoms. The zero-order valence-electron chi connectivity index (χ0n) is 9.19. The number of fused-ring (bicyclic) bond motifs is 1. The van der Waals surface area contributed by atoms with Gasteiger partial charge in [-0.1, -0.05) is 17.7 Å². The maximum absolute atomic E-state index is 10.5. The van der Waals surface area contributed by atoms with Gasteiger partial charge in [-0.25, -0.2) is 0 Å². The lowest BCUT2D eigenvalue weighted by Gasteiger charge is -2.13. The van der Waals surface area contributed by atoms with E-state index in [-0.39, 0.29) is 6.42 Å². The Kier molecular flexibility index (Phi) is 3.99. The number of ether oxygens (including phenoxy) is 2. The Bertz CT molecular complexity index is 419. The predicted molar refractivity (Wildman–Crippen MR) is 61.7 cm³/mol. The number of rotatable bonds is 3. The quantitative estimate of drug-likeness (QED) is 0.903. The van der Waals surface area contributed by atoms with Crippen LogP contribution in [-0.4, -0.2) is 17.4 Å². The molecule has 0 aromatic heterocycles. The first-order chi connectivity index (χ1) is 8.15. The standard InChI is InChI=1S/C12H13ClO4/c13-10-2-1-8-6-16-12(4-3-11(14)15)17-7-9(8)5-10/h1-2,5,12H,3-4,6-7H2,(H,14,15). The van der Waals surface area contributed by atoms with Gasteiger partial charge in [0.2, 0.25) is 0 Å². The summed E-state index contributed by atoms with van der Waals surface area (Å²) in [6.07, 6.45) is -0.0592. The molecule has 1 aliphatic heterocycles. The van der Waals surface area contributed by atoms with Gasteiger partial charge in [0.15, 0.2) is 6.29 Å². The molecule has 0 saturated carbocycles. The molecule has 1 unspecified atom stereocenters. The zero-order valence-corrected chi connectivity index (χ0v) is 9.94. The van der Waals surface area contributed by atoms with E-state index in [1.54, 1.807) is 6.07 Å². The second-order valence-electron chi connectivity index (χ2n) is 3.90. The normalized spacial score (nSPS) is 19.5. The van der Waals surface area contributed by atoms with Crippen molar-refractivity contribution in [1.82, 2.24) is 0 Å². The highest BCUT2D eigenvalue weighted by Gasteiger charge is 2.17. The van der Waals surface area contributed by atoms with Gasteiger partial charge >= 0.3 is 5.97 Å². The Morgan fingerprint density at radius 2 is 2.06 bits per heavy atom. The molecule has 1 aliphatic rings. The molecule has 0 aliphatic carbocycles. The molecule has 1 aromatic carbocycles. The molecule has 2 rings (SSSR count). The SMILES string of the molecule is O=C(O)CCC1OCc2ccc(Cl)cc2CO1. The van der Waals surface area contributed by atoms with Crippen molar-refractivity contribution in [2.45, 2.75) is 32.3 Å². The van der Waals surface area contributed by atoms with Gasteiger partial charge in [0.05, 0.1) is 19.6 Å². The van der Waals surface area contributed by atoms with E-state index < -0.39 is 12.3 Å². The van der Waals surface area contributed by atoms with Crippen LogP contribution in [-0.2, 0) is 27.5 Å². The van der Waals surface area contributed by atoms with E-state index in [0.717, 1.165) is 11.1 Å². The van der Waals surface area contributed by atoms with Crippen molar-refractivity contribution in [1.29, 1.82) is 0 Å². The highest BCUT2D eigenvalue weighted by molar-refractivity contribution is 6.30. The lowest BCUT2D eigenvalue weighted by Crippen LogP contribution is -2.16. The van der Waals surface area contributed by atoms with Gasteiger partial charge in [0.1, 0.15) is 0 Å². The van der Waals surface area contributed by atoms with E-state index in [9.17, 15) is 4.79 Å². The van der Waals surface area contributed by atoms with Crippen LogP contribution >= 0.6 is 11.6 Å². The average molecular weight is 257 g/mol. The summed E-state index contributed by atoms with van der Waals surface area (Å²) in [6, 6.07) is 5.56. The number of benzene rings is 1. The van der Waals surface area contributed by atoms with Crippen molar-refractivity contribution >= 4 is 17.6 Å². The van der Waals surface area contributed by atoms with Gasteiger partial charge in [0, 0.05) is 11.4 Å². The van der Waals surface area contributed by atoms with Crippen LogP contribution in [0.25, 0.3) is 0 Å². The first kappa shape index (κ1) is 12.4.